The second-order valence-electron chi connectivity index (χ2n) is 9.31. The van der Waals surface area contributed by atoms with Gasteiger partial charge in [-0.05, 0) is 37.8 Å². The molecule has 0 saturated heterocycles. The summed E-state index contributed by atoms with van der Waals surface area (Å²) < 4.78 is 9.54. The minimum absolute atomic E-state index is 0.0634. The molecule has 0 unspecified atom stereocenters. The van der Waals surface area contributed by atoms with Crippen LogP contribution in [-0.4, -0.2) is 43.8 Å². The van der Waals surface area contributed by atoms with Crippen LogP contribution in [0.25, 0.3) is 22.6 Å². The average Bonchev–Trinajstić information content (AvgIpc) is 3.45. The number of ether oxygens (including phenoxy) is 1. The zero-order chi connectivity index (χ0) is 23.9. The van der Waals surface area contributed by atoms with E-state index in [1.807, 2.05) is 48.3 Å². The topological polar surface area (TPSA) is 65.2 Å². The van der Waals surface area contributed by atoms with E-state index in [0.717, 1.165) is 76.7 Å². The summed E-state index contributed by atoms with van der Waals surface area (Å²) in [5.74, 6) is 1.78. The van der Waals surface area contributed by atoms with Crippen LogP contribution in [0.5, 0.6) is 5.75 Å². The lowest BCUT2D eigenvalue weighted by Gasteiger charge is -2.30. The summed E-state index contributed by atoms with van der Waals surface area (Å²) in [4.78, 5) is 20.9. The molecule has 35 heavy (non-hydrogen) atoms. The first kappa shape index (κ1) is 21.6. The fourth-order valence-corrected chi connectivity index (χ4v) is 5.45. The molecule has 0 fully saturated rings. The Morgan fingerprint density at radius 1 is 0.971 bits per heavy atom. The first-order chi connectivity index (χ1) is 17.1. The number of aryl methyl sites for hydroxylation is 2. The number of carbonyl (C=O) groups excluding carboxylic acids is 1. The number of hydrogen-bond acceptors (Lipinski definition) is 4. The summed E-state index contributed by atoms with van der Waals surface area (Å²) >= 11 is 0. The van der Waals surface area contributed by atoms with Crippen LogP contribution in [-0.2, 0) is 33.0 Å². The lowest BCUT2D eigenvalue weighted by molar-refractivity contribution is 0.0699. The maximum Gasteiger partial charge on any atom is 0.272 e. The summed E-state index contributed by atoms with van der Waals surface area (Å²) in [6.07, 6.45) is 4.16. The molecule has 1 aliphatic carbocycles. The number of rotatable bonds is 4. The molecule has 0 atom stereocenters. The van der Waals surface area contributed by atoms with E-state index in [4.69, 9.17) is 9.72 Å². The third kappa shape index (κ3) is 3.71. The highest BCUT2D eigenvalue weighted by Gasteiger charge is 2.32. The van der Waals surface area contributed by atoms with Crippen LogP contribution in [0.2, 0.25) is 0 Å². The third-order valence-corrected chi connectivity index (χ3v) is 7.19. The van der Waals surface area contributed by atoms with Crippen LogP contribution < -0.4 is 4.74 Å². The standard InChI is InChI=1S/C28H29N5O2/c1-31-26(22-13-6-7-14-23(22)30-31)28(34)32-15-16-33-24(18-32)25(20-11-8-12-21(17-20)35-2)29-27(33)19-9-4-3-5-10-19/h3-5,8-12,17H,6-7,13-16,18H2,1-2H3. The van der Waals surface area contributed by atoms with Gasteiger partial charge < -0.3 is 14.2 Å². The van der Waals surface area contributed by atoms with Gasteiger partial charge in [-0.25, -0.2) is 4.98 Å². The highest BCUT2D eigenvalue weighted by Crippen LogP contribution is 2.34. The first-order valence-electron chi connectivity index (χ1n) is 12.3. The van der Waals surface area contributed by atoms with Gasteiger partial charge in [0.05, 0.1) is 30.7 Å². The number of benzene rings is 2. The Balaban J connectivity index is 1.42. The number of imidazole rings is 1. The van der Waals surface area contributed by atoms with Gasteiger partial charge in [-0.1, -0.05) is 42.5 Å². The van der Waals surface area contributed by atoms with Gasteiger partial charge in [0.15, 0.2) is 0 Å². The van der Waals surface area contributed by atoms with Crippen LogP contribution in [0.1, 0.15) is 40.3 Å². The van der Waals surface area contributed by atoms with Gasteiger partial charge in [0.25, 0.3) is 5.91 Å². The van der Waals surface area contributed by atoms with Gasteiger partial charge in [0, 0.05) is 36.8 Å². The van der Waals surface area contributed by atoms with Gasteiger partial charge >= 0.3 is 0 Å². The Kier molecular flexibility index (Phi) is 5.40. The molecule has 178 valence electrons. The van der Waals surface area contributed by atoms with Gasteiger partial charge in [0.1, 0.15) is 17.3 Å². The van der Waals surface area contributed by atoms with E-state index < -0.39 is 0 Å². The molecule has 0 bridgehead atoms. The van der Waals surface area contributed by atoms with Crippen molar-refractivity contribution in [1.82, 2.24) is 24.2 Å². The molecule has 0 saturated carbocycles. The molecule has 3 heterocycles. The zero-order valence-electron chi connectivity index (χ0n) is 20.2. The SMILES string of the molecule is COc1cccc(-c2nc(-c3ccccc3)n3c2CN(C(=O)c2c4c(nn2C)CCCC4)CC3)c1. The smallest absolute Gasteiger partial charge is 0.272 e. The van der Waals surface area contributed by atoms with Gasteiger partial charge in [-0.15, -0.1) is 0 Å². The van der Waals surface area contributed by atoms with Gasteiger partial charge in [0.2, 0.25) is 0 Å². The number of aromatic nitrogens is 4. The fraction of sp³-hybridized carbons (Fsp3) is 0.321. The second-order valence-corrected chi connectivity index (χ2v) is 9.31. The van der Waals surface area contributed by atoms with Crippen molar-refractivity contribution in [3.05, 3.63) is 77.2 Å². The van der Waals surface area contributed by atoms with Crippen molar-refractivity contribution >= 4 is 5.91 Å². The Morgan fingerprint density at radius 3 is 2.60 bits per heavy atom. The van der Waals surface area contributed by atoms with Crippen molar-refractivity contribution in [1.29, 1.82) is 0 Å². The van der Waals surface area contributed by atoms with Crippen LogP contribution in [0.15, 0.2) is 54.6 Å². The molecule has 2 aromatic carbocycles. The first-order valence-corrected chi connectivity index (χ1v) is 12.3. The normalized spacial score (nSPS) is 15.0. The van der Waals surface area contributed by atoms with Crippen molar-refractivity contribution in [3.63, 3.8) is 0 Å². The van der Waals surface area contributed by atoms with Crippen molar-refractivity contribution in [2.75, 3.05) is 13.7 Å². The van der Waals surface area contributed by atoms with Crippen LogP contribution in [0.3, 0.4) is 0 Å². The van der Waals surface area contributed by atoms with E-state index in [1.54, 1.807) is 11.8 Å². The van der Waals surface area contributed by atoms with Gasteiger partial charge in [-0.2, -0.15) is 5.10 Å². The molecule has 2 aromatic heterocycles. The molecule has 6 rings (SSSR count). The van der Waals surface area contributed by atoms with Gasteiger partial charge in [-0.3, -0.25) is 9.48 Å². The van der Waals surface area contributed by atoms with E-state index in [9.17, 15) is 4.79 Å². The molecular formula is C28H29N5O2. The number of hydrogen-bond donors (Lipinski definition) is 0. The molecule has 0 N–H and O–H groups in total. The number of carbonyl (C=O) groups is 1. The molecule has 7 heteroatoms. The Bertz CT molecular complexity index is 1400. The predicted octanol–water partition coefficient (Wildman–Crippen LogP) is 4.49. The monoisotopic (exact) mass is 467 g/mol. The molecule has 0 radical (unpaired) electrons. The summed E-state index contributed by atoms with van der Waals surface area (Å²) in [7, 11) is 3.57. The summed E-state index contributed by atoms with van der Waals surface area (Å²) in [5, 5.41) is 4.68. The number of fused-ring (bicyclic) bond motifs is 2. The molecule has 1 amide bonds. The molecule has 1 aliphatic heterocycles. The predicted molar refractivity (Wildman–Crippen MR) is 134 cm³/mol. The van der Waals surface area contributed by atoms with Crippen molar-refractivity contribution in [3.8, 4) is 28.4 Å². The Hall–Kier alpha value is -3.87. The zero-order valence-corrected chi connectivity index (χ0v) is 20.2. The maximum absolute atomic E-state index is 13.8. The largest absolute Gasteiger partial charge is 0.497 e. The Morgan fingerprint density at radius 2 is 1.77 bits per heavy atom. The molecule has 4 aromatic rings. The summed E-state index contributed by atoms with van der Waals surface area (Å²) in [6.45, 7) is 1.84. The molecule has 7 nitrogen and oxygen atoms in total. The van der Waals surface area contributed by atoms with E-state index in [-0.39, 0.29) is 5.91 Å². The van der Waals surface area contributed by atoms with Crippen LogP contribution in [0.4, 0.5) is 0 Å². The third-order valence-electron chi connectivity index (χ3n) is 7.19. The van der Waals surface area contributed by atoms with Crippen molar-refractivity contribution < 1.29 is 9.53 Å². The number of nitrogens with zero attached hydrogens (tertiary/aromatic N) is 5. The maximum atomic E-state index is 13.8. The average molecular weight is 468 g/mol. The molecule has 0 spiro atoms. The van der Waals surface area contributed by atoms with Crippen molar-refractivity contribution in [2.45, 2.75) is 38.8 Å². The summed E-state index contributed by atoms with van der Waals surface area (Å²) in [6, 6.07) is 18.2. The lowest BCUT2D eigenvalue weighted by atomic mass is 9.95. The van der Waals surface area contributed by atoms with E-state index >= 15 is 0 Å². The second kappa shape index (κ2) is 8.73. The van der Waals surface area contributed by atoms with E-state index in [0.29, 0.717) is 19.6 Å². The summed E-state index contributed by atoms with van der Waals surface area (Å²) in [5.41, 5.74) is 6.98. The Labute approximate surface area is 205 Å². The fourth-order valence-electron chi connectivity index (χ4n) is 5.45. The number of amides is 1. The van der Waals surface area contributed by atoms with Crippen LogP contribution >= 0.6 is 0 Å². The highest BCUT2D eigenvalue weighted by molar-refractivity contribution is 5.94. The minimum Gasteiger partial charge on any atom is -0.497 e. The molecule has 2 aliphatic rings. The molecular weight excluding hydrogens is 438 g/mol. The van der Waals surface area contributed by atoms with Crippen LogP contribution in [0, 0.1) is 0 Å². The van der Waals surface area contributed by atoms with Crippen molar-refractivity contribution in [2.24, 2.45) is 7.05 Å². The lowest BCUT2D eigenvalue weighted by Crippen LogP contribution is -2.39. The quantitative estimate of drug-likeness (QED) is 0.444. The highest BCUT2D eigenvalue weighted by atomic mass is 16.5. The van der Waals surface area contributed by atoms with E-state index in [1.165, 1.54) is 0 Å². The number of methoxy groups -OCH3 is 1. The minimum atomic E-state index is 0.0634. The van der Waals surface area contributed by atoms with E-state index in [2.05, 4.69) is 27.9 Å².